The Kier molecular flexibility index (Phi) is 7.01. The van der Waals surface area contributed by atoms with Crippen molar-refractivity contribution in [2.45, 2.75) is 32.6 Å². The van der Waals surface area contributed by atoms with Crippen molar-refractivity contribution >= 4 is 54.2 Å². The number of halogens is 1. The molecule has 0 aliphatic carbocycles. The van der Waals surface area contributed by atoms with Crippen LogP contribution in [0.25, 0.3) is 10.2 Å². The Bertz CT molecular complexity index is 869. The third-order valence-corrected chi connectivity index (χ3v) is 6.51. The third-order valence-electron chi connectivity index (χ3n) is 3.50. The maximum Gasteiger partial charge on any atom is 0.243 e. The van der Waals surface area contributed by atoms with Gasteiger partial charge < -0.3 is 5.32 Å². The van der Waals surface area contributed by atoms with Crippen LogP contribution < -0.4 is 5.32 Å². The molecule has 0 spiro atoms. The minimum atomic E-state index is -3.60. The van der Waals surface area contributed by atoms with Crippen LogP contribution in [-0.2, 0) is 14.8 Å². The van der Waals surface area contributed by atoms with Crippen molar-refractivity contribution in [3.8, 4) is 0 Å². The first-order valence-corrected chi connectivity index (χ1v) is 11.2. The minimum Gasteiger partial charge on any atom is -0.301 e. The van der Waals surface area contributed by atoms with Gasteiger partial charge in [0.2, 0.25) is 15.9 Å². The molecule has 1 amide bonds. The second kappa shape index (κ2) is 8.65. The van der Waals surface area contributed by atoms with Gasteiger partial charge in [-0.1, -0.05) is 39.0 Å². The number of nitrogens with zero attached hydrogens (tertiary/aromatic N) is 2. The topological polar surface area (TPSA) is 79.4 Å². The molecule has 0 saturated heterocycles. The van der Waals surface area contributed by atoms with E-state index in [1.807, 2.05) is 27.7 Å². The van der Waals surface area contributed by atoms with Gasteiger partial charge in [-0.15, -0.1) is 11.6 Å². The summed E-state index contributed by atoms with van der Waals surface area (Å²) in [6.45, 7) is 8.95. The molecular weight excluding hydrogens is 394 g/mol. The number of benzene rings is 1. The molecule has 0 aliphatic heterocycles. The van der Waals surface area contributed by atoms with Gasteiger partial charge in [0, 0.05) is 13.1 Å². The summed E-state index contributed by atoms with van der Waals surface area (Å²) in [5.41, 5.74) is 0.637. The van der Waals surface area contributed by atoms with Crippen LogP contribution >= 0.6 is 22.9 Å². The number of thiazole rings is 1. The van der Waals surface area contributed by atoms with Gasteiger partial charge in [-0.25, -0.2) is 13.4 Å². The van der Waals surface area contributed by atoms with Crippen LogP contribution in [0.4, 0.5) is 5.13 Å². The first-order valence-electron chi connectivity index (χ1n) is 8.40. The van der Waals surface area contributed by atoms with Crippen LogP contribution in [-0.4, -0.2) is 42.6 Å². The van der Waals surface area contributed by atoms with E-state index in [9.17, 15) is 13.2 Å². The number of sulfonamides is 1. The van der Waals surface area contributed by atoms with E-state index in [0.717, 1.165) is 0 Å². The number of carbonyl (C=O) groups excluding carboxylic acids is 1. The van der Waals surface area contributed by atoms with E-state index >= 15 is 0 Å². The van der Waals surface area contributed by atoms with Crippen LogP contribution in [0.5, 0.6) is 0 Å². The Balaban J connectivity index is 2.38. The lowest BCUT2D eigenvalue weighted by Crippen LogP contribution is -2.37. The van der Waals surface area contributed by atoms with E-state index in [-0.39, 0.29) is 28.5 Å². The number of anilines is 1. The van der Waals surface area contributed by atoms with Gasteiger partial charge in [-0.3, -0.25) is 4.79 Å². The lowest BCUT2D eigenvalue weighted by molar-refractivity contribution is -0.113. The van der Waals surface area contributed by atoms with Gasteiger partial charge in [-0.2, -0.15) is 4.31 Å². The molecule has 0 bridgehead atoms. The summed E-state index contributed by atoms with van der Waals surface area (Å²) in [6, 6.07) is 4.85. The van der Waals surface area contributed by atoms with Crippen molar-refractivity contribution in [2.75, 3.05) is 24.3 Å². The monoisotopic (exact) mass is 417 g/mol. The Morgan fingerprint density at radius 3 is 2.38 bits per heavy atom. The number of aromatic nitrogens is 1. The second-order valence-corrected chi connectivity index (χ2v) is 10.2. The molecule has 0 atom stereocenters. The quantitative estimate of drug-likeness (QED) is 0.663. The Morgan fingerprint density at radius 2 is 1.85 bits per heavy atom. The van der Waals surface area contributed by atoms with Crippen LogP contribution in [0, 0.1) is 11.8 Å². The highest BCUT2D eigenvalue weighted by Crippen LogP contribution is 2.29. The molecule has 1 aromatic heterocycles. The van der Waals surface area contributed by atoms with Crippen LogP contribution in [0.1, 0.15) is 27.7 Å². The average molecular weight is 418 g/mol. The molecule has 0 radical (unpaired) electrons. The lowest BCUT2D eigenvalue weighted by atomic mass is 10.2. The summed E-state index contributed by atoms with van der Waals surface area (Å²) < 4.78 is 28.4. The standard InChI is InChI=1S/C17H24ClN3O3S2/c1-11(2)9-21(10-12(3)4)26(23,24)13-5-6-14-15(7-13)25-17(19-14)20-16(22)8-18/h5-7,11-12H,8-10H2,1-4H3,(H,19,20,22). The number of nitrogens with one attached hydrogen (secondary N) is 1. The molecule has 9 heteroatoms. The summed E-state index contributed by atoms with van der Waals surface area (Å²) in [5, 5.41) is 2.99. The van der Waals surface area contributed by atoms with Gasteiger partial charge in [0.15, 0.2) is 5.13 Å². The van der Waals surface area contributed by atoms with E-state index < -0.39 is 10.0 Å². The smallest absolute Gasteiger partial charge is 0.243 e. The summed E-state index contributed by atoms with van der Waals surface area (Å²) in [6.07, 6.45) is 0. The van der Waals surface area contributed by atoms with Crippen molar-refractivity contribution in [3.05, 3.63) is 18.2 Å². The number of carbonyl (C=O) groups is 1. The van der Waals surface area contributed by atoms with Crippen molar-refractivity contribution in [1.29, 1.82) is 0 Å². The second-order valence-electron chi connectivity index (χ2n) is 6.94. The number of rotatable bonds is 8. The van der Waals surface area contributed by atoms with Gasteiger partial charge in [-0.05, 0) is 30.0 Å². The van der Waals surface area contributed by atoms with E-state index in [1.165, 1.54) is 11.3 Å². The number of fused-ring (bicyclic) bond motifs is 1. The number of amides is 1. The Morgan fingerprint density at radius 1 is 1.23 bits per heavy atom. The number of alkyl halides is 1. The lowest BCUT2D eigenvalue weighted by Gasteiger charge is -2.25. The maximum atomic E-state index is 13.1. The van der Waals surface area contributed by atoms with Gasteiger partial charge in [0.1, 0.15) is 5.88 Å². The third kappa shape index (κ3) is 5.16. The van der Waals surface area contributed by atoms with Crippen molar-refractivity contribution in [1.82, 2.24) is 9.29 Å². The number of hydrogen-bond acceptors (Lipinski definition) is 5. The van der Waals surface area contributed by atoms with E-state index in [0.29, 0.717) is 28.4 Å². The minimum absolute atomic E-state index is 0.158. The zero-order valence-corrected chi connectivity index (χ0v) is 17.7. The van der Waals surface area contributed by atoms with E-state index in [4.69, 9.17) is 11.6 Å². The first-order chi connectivity index (χ1) is 12.1. The maximum absolute atomic E-state index is 13.1. The molecule has 0 unspecified atom stereocenters. The SMILES string of the molecule is CC(C)CN(CC(C)C)S(=O)(=O)c1ccc2nc(NC(=O)CCl)sc2c1. The Labute approximate surface area is 163 Å². The van der Waals surface area contributed by atoms with Crippen molar-refractivity contribution < 1.29 is 13.2 Å². The molecule has 26 heavy (non-hydrogen) atoms. The molecule has 0 aliphatic rings. The summed E-state index contributed by atoms with van der Waals surface area (Å²) >= 11 is 6.71. The molecule has 0 fully saturated rings. The largest absolute Gasteiger partial charge is 0.301 e. The summed E-state index contributed by atoms with van der Waals surface area (Å²) in [4.78, 5) is 15.9. The van der Waals surface area contributed by atoms with Crippen molar-refractivity contribution in [2.24, 2.45) is 11.8 Å². The summed E-state index contributed by atoms with van der Waals surface area (Å²) in [7, 11) is -3.60. The van der Waals surface area contributed by atoms with Gasteiger partial charge >= 0.3 is 0 Å². The van der Waals surface area contributed by atoms with Gasteiger partial charge in [0.25, 0.3) is 0 Å². The van der Waals surface area contributed by atoms with Gasteiger partial charge in [0.05, 0.1) is 15.1 Å². The fourth-order valence-electron chi connectivity index (χ4n) is 2.51. The van der Waals surface area contributed by atoms with E-state index in [1.54, 1.807) is 22.5 Å². The van der Waals surface area contributed by atoms with Crippen LogP contribution in [0.2, 0.25) is 0 Å². The molecular formula is C17H24ClN3O3S2. The predicted molar refractivity (Wildman–Crippen MR) is 107 cm³/mol. The average Bonchev–Trinajstić information content (AvgIpc) is 2.94. The van der Waals surface area contributed by atoms with Crippen molar-refractivity contribution in [3.63, 3.8) is 0 Å². The predicted octanol–water partition coefficient (Wildman–Crippen LogP) is 3.78. The zero-order chi connectivity index (χ0) is 19.5. The molecule has 1 N–H and O–H groups in total. The molecule has 0 saturated carbocycles. The molecule has 2 aromatic rings. The molecule has 1 heterocycles. The number of hydrogen-bond donors (Lipinski definition) is 1. The molecule has 1 aromatic carbocycles. The normalized spacial score (nSPS) is 12.5. The Hall–Kier alpha value is -1.22. The highest BCUT2D eigenvalue weighted by molar-refractivity contribution is 7.89. The molecule has 2 rings (SSSR count). The first kappa shape index (κ1) is 21.1. The molecule has 144 valence electrons. The summed E-state index contributed by atoms with van der Waals surface area (Å²) in [5.74, 6) is -0.0470. The van der Waals surface area contributed by atoms with Crippen LogP contribution in [0.15, 0.2) is 23.1 Å². The zero-order valence-electron chi connectivity index (χ0n) is 15.3. The fraction of sp³-hybridized carbons (Fsp3) is 0.529. The van der Waals surface area contributed by atoms with E-state index in [2.05, 4.69) is 10.3 Å². The highest BCUT2D eigenvalue weighted by atomic mass is 35.5. The highest BCUT2D eigenvalue weighted by Gasteiger charge is 2.26. The van der Waals surface area contributed by atoms with Crippen LogP contribution in [0.3, 0.4) is 0 Å². The molecule has 6 nitrogen and oxygen atoms in total. The fourth-order valence-corrected chi connectivity index (χ4v) is 5.36.